The fourth-order valence-electron chi connectivity index (χ4n) is 3.48. The Kier molecular flexibility index (Phi) is 6.33. The van der Waals surface area contributed by atoms with Crippen LogP contribution in [0.3, 0.4) is 0 Å². The molecule has 0 N–H and O–H groups in total. The molecule has 0 saturated carbocycles. The summed E-state index contributed by atoms with van der Waals surface area (Å²) < 4.78 is 14.7. The van der Waals surface area contributed by atoms with Crippen molar-refractivity contribution in [2.24, 2.45) is 0 Å². The summed E-state index contributed by atoms with van der Waals surface area (Å²) in [5, 5.41) is 0. The van der Waals surface area contributed by atoms with Gasteiger partial charge in [-0.1, -0.05) is 19.4 Å². The largest absolute Gasteiger partial charge is 0.370 e. The molecule has 1 saturated heterocycles. The van der Waals surface area contributed by atoms with E-state index in [1.165, 1.54) is 0 Å². The molecule has 134 valence electrons. The van der Waals surface area contributed by atoms with Gasteiger partial charge in [0.15, 0.2) is 0 Å². The van der Waals surface area contributed by atoms with Crippen molar-refractivity contribution < 1.29 is 13.9 Å². The predicted octanol–water partition coefficient (Wildman–Crippen LogP) is 4.99. The van der Waals surface area contributed by atoms with Crippen molar-refractivity contribution >= 4 is 17.0 Å². The van der Waals surface area contributed by atoms with E-state index >= 15 is 0 Å². The van der Waals surface area contributed by atoms with E-state index in [1.54, 1.807) is 6.07 Å². The fraction of sp³-hybridized carbons (Fsp3) is 0.429. The molecule has 0 unspecified atom stereocenters. The number of nitrogens with zero attached hydrogens (tertiary/aromatic N) is 1. The number of benzene rings is 1. The standard InChI is InChI=1S/C21H24FNO.FH/c1-3-4-16-7-5-15(2)6-8-18-20(10-9-19(22)21(16)18)23-13-11-17(24)12-14-23;/h5-6,9-10H,3-4,8,11-14H2,1-2H3;1H. The molecule has 3 rings (SSSR count). The van der Waals surface area contributed by atoms with Crippen LogP contribution >= 0.6 is 0 Å². The van der Waals surface area contributed by atoms with E-state index in [0.717, 1.165) is 48.3 Å². The lowest BCUT2D eigenvalue weighted by Crippen LogP contribution is -2.34. The molecule has 4 heteroatoms. The quantitative estimate of drug-likeness (QED) is 0.720. The molecule has 0 radical (unpaired) electrons. The second kappa shape index (κ2) is 8.26. The van der Waals surface area contributed by atoms with Crippen molar-refractivity contribution in [1.29, 1.82) is 0 Å². The van der Waals surface area contributed by atoms with Crippen molar-refractivity contribution in [1.82, 2.24) is 0 Å². The molecule has 0 amide bonds. The summed E-state index contributed by atoms with van der Waals surface area (Å²) >= 11 is 0. The van der Waals surface area contributed by atoms with Gasteiger partial charge in [-0.2, -0.15) is 0 Å². The number of hydrogen-bond acceptors (Lipinski definition) is 2. The second-order valence-corrected chi connectivity index (χ2v) is 6.62. The predicted molar refractivity (Wildman–Crippen MR) is 99.2 cm³/mol. The molecule has 1 aromatic rings. The third kappa shape index (κ3) is 4.08. The van der Waals surface area contributed by atoms with Crippen LogP contribution in [0.5, 0.6) is 0 Å². The normalized spacial score (nSPS) is 17.1. The monoisotopic (exact) mass is 345 g/mol. The number of carbonyl (C=O) groups is 1. The Hall–Kier alpha value is -2.19. The zero-order valence-corrected chi connectivity index (χ0v) is 14.9. The Labute approximate surface area is 148 Å². The summed E-state index contributed by atoms with van der Waals surface area (Å²) in [6.45, 7) is 5.61. The first-order valence-corrected chi connectivity index (χ1v) is 8.81. The molecule has 1 aromatic carbocycles. The molecule has 0 aromatic heterocycles. The highest BCUT2D eigenvalue weighted by atomic mass is 19.1. The number of piperidine rings is 1. The van der Waals surface area contributed by atoms with E-state index in [2.05, 4.69) is 30.6 Å². The Morgan fingerprint density at radius 2 is 1.96 bits per heavy atom. The highest BCUT2D eigenvalue weighted by Crippen LogP contribution is 2.35. The van der Waals surface area contributed by atoms with Gasteiger partial charge in [0, 0.05) is 42.8 Å². The average molecular weight is 345 g/mol. The molecule has 0 atom stereocenters. The number of allylic oxidation sites excluding steroid dienone is 3. The molecule has 2 aliphatic rings. The number of carbonyl (C=O) groups excluding carboxylic acids is 1. The minimum absolute atomic E-state index is 0. The Morgan fingerprint density at radius 3 is 2.64 bits per heavy atom. The van der Waals surface area contributed by atoms with E-state index in [-0.39, 0.29) is 10.5 Å². The summed E-state index contributed by atoms with van der Waals surface area (Å²) in [5.41, 5.74) is 8.24. The summed E-state index contributed by atoms with van der Waals surface area (Å²) in [6, 6.07) is 3.45. The van der Waals surface area contributed by atoms with Crippen LogP contribution < -0.4 is 4.90 Å². The number of hydrogen-bond donors (Lipinski definition) is 0. The van der Waals surface area contributed by atoms with E-state index in [0.29, 0.717) is 30.6 Å². The number of halogens is 2. The van der Waals surface area contributed by atoms with E-state index in [4.69, 9.17) is 0 Å². The zero-order chi connectivity index (χ0) is 17.1. The van der Waals surface area contributed by atoms with Crippen molar-refractivity contribution in [3.8, 4) is 0 Å². The lowest BCUT2D eigenvalue weighted by atomic mass is 9.90. The van der Waals surface area contributed by atoms with Gasteiger partial charge >= 0.3 is 0 Å². The number of ketones is 1. The number of anilines is 1. The van der Waals surface area contributed by atoms with Gasteiger partial charge in [-0.25, -0.2) is 4.39 Å². The molecular formula is C21H25F2NO. The van der Waals surface area contributed by atoms with Crippen LogP contribution in [0.25, 0.3) is 5.57 Å². The van der Waals surface area contributed by atoms with Crippen LogP contribution in [0.4, 0.5) is 14.8 Å². The van der Waals surface area contributed by atoms with Crippen LogP contribution in [-0.2, 0) is 11.2 Å². The van der Waals surface area contributed by atoms with Gasteiger partial charge < -0.3 is 4.90 Å². The first-order valence-electron chi connectivity index (χ1n) is 8.81. The van der Waals surface area contributed by atoms with Crippen LogP contribution in [0.2, 0.25) is 0 Å². The Balaban J connectivity index is 0.00000225. The summed E-state index contributed by atoms with van der Waals surface area (Å²) in [4.78, 5) is 13.8. The van der Waals surface area contributed by atoms with Gasteiger partial charge in [0.1, 0.15) is 11.6 Å². The summed E-state index contributed by atoms with van der Waals surface area (Å²) in [6.07, 6.45) is 7.74. The maximum absolute atomic E-state index is 14.7. The van der Waals surface area contributed by atoms with Crippen LogP contribution in [0.15, 0.2) is 35.6 Å². The van der Waals surface area contributed by atoms with Gasteiger partial charge in [0.05, 0.1) is 0 Å². The minimum Gasteiger partial charge on any atom is -0.370 e. The SMILES string of the molecule is CCCC1=C=CC(C)=CCc2c(N3CCC(=O)CC3)ccc(F)c21.F. The van der Waals surface area contributed by atoms with Crippen molar-refractivity contribution in [3.63, 3.8) is 0 Å². The van der Waals surface area contributed by atoms with Crippen LogP contribution in [0.1, 0.15) is 50.7 Å². The molecule has 0 spiro atoms. The molecular weight excluding hydrogens is 320 g/mol. The Morgan fingerprint density at radius 1 is 1.24 bits per heavy atom. The molecule has 1 aliphatic heterocycles. The molecule has 1 aliphatic carbocycles. The lowest BCUT2D eigenvalue weighted by molar-refractivity contribution is -0.119. The maximum atomic E-state index is 14.7. The number of fused-ring (bicyclic) bond motifs is 1. The zero-order valence-electron chi connectivity index (χ0n) is 14.9. The first-order chi connectivity index (χ1) is 11.6. The van der Waals surface area contributed by atoms with Crippen molar-refractivity contribution in [2.45, 2.75) is 46.0 Å². The third-order valence-corrected chi connectivity index (χ3v) is 4.80. The first kappa shape index (κ1) is 19.1. The summed E-state index contributed by atoms with van der Waals surface area (Å²) in [5.74, 6) is 0.153. The van der Waals surface area contributed by atoms with E-state index < -0.39 is 0 Å². The van der Waals surface area contributed by atoms with Gasteiger partial charge in [-0.3, -0.25) is 9.50 Å². The van der Waals surface area contributed by atoms with Crippen LogP contribution in [0, 0.1) is 5.82 Å². The van der Waals surface area contributed by atoms with Gasteiger partial charge in [0.25, 0.3) is 0 Å². The highest BCUT2D eigenvalue weighted by molar-refractivity contribution is 5.82. The topological polar surface area (TPSA) is 20.3 Å². The highest BCUT2D eigenvalue weighted by Gasteiger charge is 2.23. The Bertz CT molecular complexity index is 747. The van der Waals surface area contributed by atoms with Crippen molar-refractivity contribution in [3.05, 3.63) is 52.5 Å². The molecule has 2 nitrogen and oxygen atoms in total. The maximum Gasteiger partial charge on any atom is 0.136 e. The van der Waals surface area contributed by atoms with Gasteiger partial charge in [-0.05, 0) is 49.1 Å². The van der Waals surface area contributed by atoms with E-state index in [9.17, 15) is 9.18 Å². The summed E-state index contributed by atoms with van der Waals surface area (Å²) in [7, 11) is 0. The van der Waals surface area contributed by atoms with Crippen LogP contribution in [-0.4, -0.2) is 18.9 Å². The van der Waals surface area contributed by atoms with Gasteiger partial charge in [0.2, 0.25) is 0 Å². The molecule has 1 heterocycles. The molecule has 0 bridgehead atoms. The number of Topliss-reactive ketones (excluding diaryl/α,β-unsaturated/α-hetero) is 1. The number of rotatable bonds is 3. The lowest BCUT2D eigenvalue weighted by Gasteiger charge is -2.31. The fourth-order valence-corrected chi connectivity index (χ4v) is 3.48. The van der Waals surface area contributed by atoms with E-state index in [1.807, 2.05) is 12.1 Å². The second-order valence-electron chi connectivity index (χ2n) is 6.62. The van der Waals surface area contributed by atoms with Gasteiger partial charge in [-0.15, -0.1) is 5.73 Å². The molecule has 25 heavy (non-hydrogen) atoms. The van der Waals surface area contributed by atoms with Crippen molar-refractivity contribution in [2.75, 3.05) is 18.0 Å². The average Bonchev–Trinajstić information content (AvgIpc) is 2.56. The third-order valence-electron chi connectivity index (χ3n) is 4.80. The minimum atomic E-state index is -0.167. The molecule has 1 fully saturated rings. The smallest absolute Gasteiger partial charge is 0.136 e.